The van der Waals surface area contributed by atoms with Gasteiger partial charge < -0.3 is 24.1 Å². The summed E-state index contributed by atoms with van der Waals surface area (Å²) >= 11 is 0. The van der Waals surface area contributed by atoms with Crippen molar-refractivity contribution in [3.05, 3.63) is 83.1 Å². The zero-order valence-corrected chi connectivity index (χ0v) is 21.2. The number of amides is 2. The van der Waals surface area contributed by atoms with Crippen molar-refractivity contribution in [2.24, 2.45) is 5.41 Å². The maximum Gasteiger partial charge on any atom is 0.273 e. The molecule has 8 nitrogen and oxygen atoms in total. The van der Waals surface area contributed by atoms with E-state index in [0.29, 0.717) is 31.3 Å². The van der Waals surface area contributed by atoms with Gasteiger partial charge in [-0.25, -0.2) is 4.98 Å². The second-order valence-corrected chi connectivity index (χ2v) is 9.84. The zero-order chi connectivity index (χ0) is 25.7. The fourth-order valence-electron chi connectivity index (χ4n) is 4.31. The van der Waals surface area contributed by atoms with Crippen molar-refractivity contribution >= 4 is 11.8 Å². The summed E-state index contributed by atoms with van der Waals surface area (Å²) in [6.07, 6.45) is 2.09. The smallest absolute Gasteiger partial charge is 0.273 e. The van der Waals surface area contributed by atoms with Gasteiger partial charge in [0.05, 0.1) is 12.6 Å². The summed E-state index contributed by atoms with van der Waals surface area (Å²) in [6.45, 7) is 7.40. The van der Waals surface area contributed by atoms with Gasteiger partial charge in [0.25, 0.3) is 5.91 Å². The molecule has 1 atom stereocenters. The molecule has 0 aliphatic carbocycles. The van der Waals surface area contributed by atoms with Crippen LogP contribution in [0.3, 0.4) is 0 Å². The van der Waals surface area contributed by atoms with Crippen molar-refractivity contribution in [1.82, 2.24) is 15.2 Å². The van der Waals surface area contributed by atoms with Crippen molar-refractivity contribution < 1.29 is 23.5 Å². The average Bonchev–Trinajstić information content (AvgIpc) is 3.35. The van der Waals surface area contributed by atoms with E-state index in [2.05, 4.69) is 28.5 Å². The minimum absolute atomic E-state index is 0.0742. The van der Waals surface area contributed by atoms with E-state index in [1.165, 1.54) is 11.8 Å². The normalized spacial score (nSPS) is 15.3. The molecule has 2 aromatic carbocycles. The molecule has 0 saturated heterocycles. The lowest BCUT2D eigenvalue weighted by Crippen LogP contribution is -2.45. The standard InChI is InChI=1S/C28H33N3O5/c1-28(2,3)27(33)31-14-12-19-10-11-21(16-22(19)25(31)20-8-6-5-7-9-20)35-18-24-30-23(17-36-24)26(32)29-13-15-34-4/h5-11,16-17,25H,12-15,18H2,1-4H3,(H,29,32)/t25-/m1/s1. The molecule has 1 aliphatic heterocycles. The number of aromatic nitrogens is 1. The third-order valence-corrected chi connectivity index (χ3v) is 6.10. The van der Waals surface area contributed by atoms with E-state index in [0.717, 1.165) is 17.5 Å². The number of carbonyl (C=O) groups is 2. The molecule has 0 bridgehead atoms. The summed E-state index contributed by atoms with van der Waals surface area (Å²) < 4.78 is 16.3. The predicted octanol–water partition coefficient (Wildman–Crippen LogP) is 4.15. The number of rotatable bonds is 8. The van der Waals surface area contributed by atoms with Crippen molar-refractivity contribution in [3.8, 4) is 5.75 Å². The molecule has 0 radical (unpaired) electrons. The van der Waals surface area contributed by atoms with Gasteiger partial charge in [-0.15, -0.1) is 0 Å². The Balaban J connectivity index is 1.54. The minimum atomic E-state index is -0.489. The SMILES string of the molecule is COCCNC(=O)c1coc(COc2ccc3c(c2)[C@@H](c2ccccc2)N(C(=O)C(C)(C)C)CC3)n1. The van der Waals surface area contributed by atoms with Gasteiger partial charge in [-0.05, 0) is 35.2 Å². The molecule has 2 heterocycles. The fraction of sp³-hybridized carbons (Fsp3) is 0.393. The molecule has 2 amide bonds. The molecule has 1 aliphatic rings. The van der Waals surface area contributed by atoms with Gasteiger partial charge >= 0.3 is 0 Å². The number of hydrogen-bond acceptors (Lipinski definition) is 6. The molecule has 190 valence electrons. The first-order valence-corrected chi connectivity index (χ1v) is 12.1. The second-order valence-electron chi connectivity index (χ2n) is 9.84. The highest BCUT2D eigenvalue weighted by molar-refractivity contribution is 5.91. The Labute approximate surface area is 211 Å². The van der Waals surface area contributed by atoms with Gasteiger partial charge in [-0.1, -0.05) is 57.2 Å². The number of methoxy groups -OCH3 is 1. The molecule has 0 saturated carbocycles. The number of fused-ring (bicyclic) bond motifs is 1. The highest BCUT2D eigenvalue weighted by atomic mass is 16.5. The highest BCUT2D eigenvalue weighted by Gasteiger charge is 2.37. The lowest BCUT2D eigenvalue weighted by Gasteiger charge is -2.41. The number of hydrogen-bond donors (Lipinski definition) is 1. The molecule has 1 N–H and O–H groups in total. The van der Waals surface area contributed by atoms with Crippen LogP contribution in [0.15, 0.2) is 59.2 Å². The summed E-state index contributed by atoms with van der Waals surface area (Å²) in [6, 6.07) is 15.9. The van der Waals surface area contributed by atoms with Crippen LogP contribution >= 0.6 is 0 Å². The number of oxazole rings is 1. The lowest BCUT2D eigenvalue weighted by molar-refractivity contribution is -0.141. The van der Waals surface area contributed by atoms with Crippen LogP contribution in [0.25, 0.3) is 0 Å². The predicted molar refractivity (Wildman–Crippen MR) is 135 cm³/mol. The van der Waals surface area contributed by atoms with E-state index >= 15 is 0 Å². The first-order valence-electron chi connectivity index (χ1n) is 12.1. The average molecular weight is 492 g/mol. The summed E-state index contributed by atoms with van der Waals surface area (Å²) in [7, 11) is 1.57. The molecule has 0 unspecified atom stereocenters. The molecule has 8 heteroatoms. The van der Waals surface area contributed by atoms with Gasteiger partial charge in [0.2, 0.25) is 11.8 Å². The Bertz CT molecular complexity index is 1200. The van der Waals surface area contributed by atoms with Gasteiger partial charge in [-0.2, -0.15) is 0 Å². The van der Waals surface area contributed by atoms with Crippen LogP contribution in [-0.2, 0) is 22.6 Å². The molecule has 4 rings (SSSR count). The van der Waals surface area contributed by atoms with Crippen LogP contribution in [0.2, 0.25) is 0 Å². The summed E-state index contributed by atoms with van der Waals surface area (Å²) in [5, 5.41) is 2.71. The van der Waals surface area contributed by atoms with Gasteiger partial charge in [-0.3, -0.25) is 9.59 Å². The number of ether oxygens (including phenoxy) is 2. The molecular weight excluding hydrogens is 458 g/mol. The Kier molecular flexibility index (Phi) is 7.74. The third-order valence-electron chi connectivity index (χ3n) is 6.10. The number of nitrogens with one attached hydrogen (secondary N) is 1. The van der Waals surface area contributed by atoms with E-state index in [1.807, 2.05) is 56.0 Å². The number of benzene rings is 2. The van der Waals surface area contributed by atoms with Crippen molar-refractivity contribution in [2.45, 2.75) is 39.8 Å². The molecule has 3 aromatic rings. The summed E-state index contributed by atoms with van der Waals surface area (Å²) in [5.41, 5.74) is 3.01. The molecule has 0 fully saturated rings. The van der Waals surface area contributed by atoms with Crippen LogP contribution in [0, 0.1) is 5.41 Å². The van der Waals surface area contributed by atoms with Crippen molar-refractivity contribution in [1.29, 1.82) is 0 Å². The Hall–Kier alpha value is -3.65. The van der Waals surface area contributed by atoms with Crippen molar-refractivity contribution in [2.75, 3.05) is 26.8 Å². The first-order chi connectivity index (χ1) is 17.3. The van der Waals surface area contributed by atoms with Crippen LogP contribution in [0.4, 0.5) is 0 Å². The van der Waals surface area contributed by atoms with Crippen LogP contribution in [0.5, 0.6) is 5.75 Å². The molecular formula is C28H33N3O5. The topological polar surface area (TPSA) is 93.9 Å². The van der Waals surface area contributed by atoms with E-state index in [4.69, 9.17) is 13.9 Å². The Morgan fingerprint density at radius 1 is 1.17 bits per heavy atom. The van der Waals surface area contributed by atoms with E-state index in [9.17, 15) is 9.59 Å². The van der Waals surface area contributed by atoms with Gasteiger partial charge in [0, 0.05) is 25.6 Å². The second kappa shape index (κ2) is 11.0. The van der Waals surface area contributed by atoms with Gasteiger partial charge in [0.1, 0.15) is 12.0 Å². The fourth-order valence-corrected chi connectivity index (χ4v) is 4.31. The van der Waals surface area contributed by atoms with Crippen LogP contribution in [-0.4, -0.2) is 48.5 Å². The third kappa shape index (κ3) is 5.76. The van der Waals surface area contributed by atoms with Gasteiger partial charge in [0.15, 0.2) is 12.3 Å². The van der Waals surface area contributed by atoms with Crippen LogP contribution in [0.1, 0.15) is 59.9 Å². The molecule has 0 spiro atoms. The Morgan fingerprint density at radius 3 is 2.67 bits per heavy atom. The van der Waals surface area contributed by atoms with Crippen molar-refractivity contribution in [3.63, 3.8) is 0 Å². The monoisotopic (exact) mass is 491 g/mol. The number of carbonyl (C=O) groups excluding carboxylic acids is 2. The molecule has 36 heavy (non-hydrogen) atoms. The van der Waals surface area contributed by atoms with E-state index < -0.39 is 5.41 Å². The maximum absolute atomic E-state index is 13.4. The first kappa shape index (κ1) is 25.4. The van der Waals surface area contributed by atoms with E-state index in [-0.39, 0.29) is 30.2 Å². The molecule has 1 aromatic heterocycles. The van der Waals surface area contributed by atoms with E-state index in [1.54, 1.807) is 7.11 Å². The summed E-state index contributed by atoms with van der Waals surface area (Å²) in [4.78, 5) is 31.7. The lowest BCUT2D eigenvalue weighted by atomic mass is 9.85. The summed E-state index contributed by atoms with van der Waals surface area (Å²) in [5.74, 6) is 0.729. The van der Waals surface area contributed by atoms with Crippen LogP contribution < -0.4 is 10.1 Å². The minimum Gasteiger partial charge on any atom is -0.484 e. The quantitative estimate of drug-likeness (QED) is 0.476. The zero-order valence-electron chi connectivity index (χ0n) is 21.2. The Morgan fingerprint density at radius 2 is 1.94 bits per heavy atom. The number of nitrogens with zero attached hydrogens (tertiary/aromatic N) is 2. The highest BCUT2D eigenvalue weighted by Crippen LogP contribution is 2.39. The largest absolute Gasteiger partial charge is 0.484 e. The maximum atomic E-state index is 13.4.